The van der Waals surface area contributed by atoms with Gasteiger partial charge in [0.25, 0.3) is 0 Å². The minimum absolute atomic E-state index is 0. The Morgan fingerprint density at radius 3 is 0.833 bits per heavy atom. The summed E-state index contributed by atoms with van der Waals surface area (Å²) in [6.45, 7) is 0. The predicted octanol–water partition coefficient (Wildman–Crippen LogP) is -0.584. The van der Waals surface area contributed by atoms with Crippen molar-refractivity contribution in [3.05, 3.63) is 0 Å². The fraction of sp³-hybridized carbons (Fsp3) is 1.00. The topological polar surface area (TPSA) is 3.24 Å². The van der Waals surface area contributed by atoms with Crippen LogP contribution in [0.5, 0.6) is 0 Å². The lowest BCUT2D eigenvalue weighted by Gasteiger charge is -1.90. The van der Waals surface area contributed by atoms with Crippen LogP contribution in [0.1, 0.15) is 0 Å². The molecule has 0 saturated heterocycles. The van der Waals surface area contributed by atoms with Gasteiger partial charge in [-0.25, -0.2) is 0 Å². The van der Waals surface area contributed by atoms with Gasteiger partial charge in [0, 0.05) is 16.8 Å². The van der Waals surface area contributed by atoms with Crippen molar-refractivity contribution in [2.24, 2.45) is 0 Å². The van der Waals surface area contributed by atoms with Crippen molar-refractivity contribution in [1.82, 2.24) is 4.90 Å². The molecule has 0 amide bonds. The average Bonchev–Trinajstić information content (AvgIpc) is 0.811. The molecule has 0 aromatic carbocycles. The average molecular weight is 80.7 g/mol. The van der Waals surface area contributed by atoms with Crippen molar-refractivity contribution in [2.45, 2.75) is 0 Å². The Labute approximate surface area is 43.9 Å². The molecule has 0 N–H and O–H groups in total. The molecule has 0 aromatic heterocycles. The lowest BCUT2D eigenvalue weighted by atomic mass is 10.8. The van der Waals surface area contributed by atoms with E-state index in [1.807, 2.05) is 26.0 Å². The van der Waals surface area contributed by atoms with Crippen molar-refractivity contribution in [3.8, 4) is 0 Å². The molecule has 0 fully saturated rings. The molecule has 32 valence electrons. The minimum atomic E-state index is 0. The van der Waals surface area contributed by atoms with Crippen molar-refractivity contribution in [1.29, 1.82) is 0 Å². The van der Waals surface area contributed by atoms with Crippen molar-refractivity contribution in [3.63, 3.8) is 0 Å². The summed E-state index contributed by atoms with van der Waals surface area (Å²) in [5, 5.41) is 0. The van der Waals surface area contributed by atoms with Gasteiger partial charge in [0.2, 0.25) is 0 Å². The molecule has 0 aliphatic rings. The van der Waals surface area contributed by atoms with Crippen molar-refractivity contribution in [2.75, 3.05) is 21.1 Å². The predicted molar refractivity (Wildman–Crippen MR) is 31.1 cm³/mol. The Bertz CT molecular complexity index is 13.5. The zero-order valence-corrected chi connectivity index (χ0v) is 4.60. The van der Waals surface area contributed by atoms with E-state index >= 15 is 0 Å². The van der Waals surface area contributed by atoms with E-state index in [-0.39, 0.29) is 16.8 Å². The standard InChI is InChI=1S/C3H9N.2B/c1-4(2)3;;/h1-3H3;;. The Balaban J connectivity index is -0.0000000450. The van der Waals surface area contributed by atoms with Gasteiger partial charge in [-0.2, -0.15) is 0 Å². The smallest absolute Gasteiger partial charge is 0 e. The van der Waals surface area contributed by atoms with Gasteiger partial charge >= 0.3 is 0 Å². The van der Waals surface area contributed by atoms with E-state index in [0.29, 0.717) is 0 Å². The Morgan fingerprint density at radius 2 is 0.833 bits per heavy atom. The molecule has 0 aromatic rings. The number of hydrogen-bond acceptors (Lipinski definition) is 1. The summed E-state index contributed by atoms with van der Waals surface area (Å²) in [5.74, 6) is 0. The highest BCUT2D eigenvalue weighted by Crippen LogP contribution is 1.47. The second-order valence-corrected chi connectivity index (χ2v) is 1.34. The third-order valence-corrected chi connectivity index (χ3v) is 0. The molecule has 6 heavy (non-hydrogen) atoms. The molecule has 0 atom stereocenters. The van der Waals surface area contributed by atoms with Crippen LogP contribution in [0.4, 0.5) is 0 Å². The van der Waals surface area contributed by atoms with E-state index in [1.54, 1.807) is 0 Å². The van der Waals surface area contributed by atoms with Gasteiger partial charge in [-0.1, -0.05) is 0 Å². The van der Waals surface area contributed by atoms with E-state index in [9.17, 15) is 0 Å². The SMILES string of the molecule is CN(C)C.[B].[B]. The summed E-state index contributed by atoms with van der Waals surface area (Å²) in [6.07, 6.45) is 0. The fourth-order valence-electron chi connectivity index (χ4n) is 0. The monoisotopic (exact) mass is 81.1 g/mol. The first kappa shape index (κ1) is 16.5. The van der Waals surface area contributed by atoms with Gasteiger partial charge in [-0.3, -0.25) is 0 Å². The molecule has 0 aliphatic heterocycles. The largest absolute Gasteiger partial charge is 0.312 e. The first-order valence-electron chi connectivity index (χ1n) is 1.34. The van der Waals surface area contributed by atoms with Gasteiger partial charge in [-0.15, -0.1) is 0 Å². The van der Waals surface area contributed by atoms with E-state index in [2.05, 4.69) is 0 Å². The summed E-state index contributed by atoms with van der Waals surface area (Å²) in [6, 6.07) is 0. The fourth-order valence-corrected chi connectivity index (χ4v) is 0. The van der Waals surface area contributed by atoms with E-state index in [0.717, 1.165) is 0 Å². The summed E-state index contributed by atoms with van der Waals surface area (Å²) in [4.78, 5) is 2.00. The first-order valence-corrected chi connectivity index (χ1v) is 1.34. The maximum absolute atomic E-state index is 2.00. The Kier molecular flexibility index (Phi) is 24.6. The number of nitrogens with zero attached hydrogens (tertiary/aromatic N) is 1. The maximum atomic E-state index is 2.00. The van der Waals surface area contributed by atoms with Crippen LogP contribution in [0.25, 0.3) is 0 Å². The zero-order chi connectivity index (χ0) is 3.58. The summed E-state index contributed by atoms with van der Waals surface area (Å²) in [7, 11) is 6.00. The van der Waals surface area contributed by atoms with Gasteiger partial charge in [-0.05, 0) is 21.1 Å². The van der Waals surface area contributed by atoms with Crippen molar-refractivity contribution >= 4 is 16.8 Å². The maximum Gasteiger partial charge on any atom is 0 e. The molecular formula is C3H9B2N. The summed E-state index contributed by atoms with van der Waals surface area (Å²) < 4.78 is 0. The molecule has 3 heteroatoms. The highest BCUT2D eigenvalue weighted by Gasteiger charge is 1.58. The van der Waals surface area contributed by atoms with E-state index < -0.39 is 0 Å². The van der Waals surface area contributed by atoms with Crippen LogP contribution in [-0.2, 0) is 0 Å². The summed E-state index contributed by atoms with van der Waals surface area (Å²) >= 11 is 0. The number of hydrogen-bond donors (Lipinski definition) is 0. The molecule has 0 heterocycles. The normalized spacial score (nSPS) is 6.00. The molecular weight excluding hydrogens is 71.7 g/mol. The van der Waals surface area contributed by atoms with Gasteiger partial charge in [0.05, 0.1) is 0 Å². The van der Waals surface area contributed by atoms with Crippen LogP contribution in [0.2, 0.25) is 0 Å². The highest BCUT2D eigenvalue weighted by atomic mass is 15.0. The van der Waals surface area contributed by atoms with Gasteiger partial charge < -0.3 is 4.90 Å². The Morgan fingerprint density at radius 1 is 0.833 bits per heavy atom. The van der Waals surface area contributed by atoms with Crippen LogP contribution in [0, 0.1) is 0 Å². The van der Waals surface area contributed by atoms with Crippen LogP contribution in [-0.4, -0.2) is 42.9 Å². The second-order valence-electron chi connectivity index (χ2n) is 1.34. The van der Waals surface area contributed by atoms with Crippen LogP contribution in [0.3, 0.4) is 0 Å². The van der Waals surface area contributed by atoms with Gasteiger partial charge in [0.15, 0.2) is 0 Å². The second kappa shape index (κ2) is 8.92. The quantitative estimate of drug-likeness (QED) is 0.352. The molecule has 0 rings (SSSR count). The number of rotatable bonds is 0. The summed E-state index contributed by atoms with van der Waals surface area (Å²) in [5.41, 5.74) is 0. The third-order valence-electron chi connectivity index (χ3n) is 0. The zero-order valence-electron chi connectivity index (χ0n) is 4.60. The molecule has 0 bridgehead atoms. The molecule has 0 saturated carbocycles. The molecule has 1 nitrogen and oxygen atoms in total. The lowest BCUT2D eigenvalue weighted by Crippen LogP contribution is -1.99. The van der Waals surface area contributed by atoms with E-state index in [1.165, 1.54) is 0 Å². The first-order chi connectivity index (χ1) is 1.73. The lowest BCUT2D eigenvalue weighted by molar-refractivity contribution is 0.505. The molecule has 0 unspecified atom stereocenters. The van der Waals surface area contributed by atoms with Crippen LogP contribution < -0.4 is 0 Å². The van der Waals surface area contributed by atoms with Crippen LogP contribution >= 0.6 is 0 Å². The molecule has 0 spiro atoms. The molecule has 6 radical (unpaired) electrons. The van der Waals surface area contributed by atoms with Crippen molar-refractivity contribution < 1.29 is 0 Å². The highest BCUT2D eigenvalue weighted by molar-refractivity contribution is 5.76. The molecule has 0 aliphatic carbocycles. The minimum Gasteiger partial charge on any atom is -0.312 e. The van der Waals surface area contributed by atoms with Crippen LogP contribution in [0.15, 0.2) is 0 Å². The van der Waals surface area contributed by atoms with E-state index in [4.69, 9.17) is 0 Å². The Hall–Kier alpha value is 0.0899. The van der Waals surface area contributed by atoms with Gasteiger partial charge in [0.1, 0.15) is 0 Å². The third kappa shape index (κ3) is 4830.